The van der Waals surface area contributed by atoms with Crippen LogP contribution >= 0.6 is 0 Å². The molecule has 0 atom stereocenters. The topological polar surface area (TPSA) is 97.8 Å². The fraction of sp³-hybridized carbons (Fsp3) is 0.450. The number of aromatic nitrogens is 2. The number of carbonyl (C=O) groups is 1. The van der Waals surface area contributed by atoms with Crippen molar-refractivity contribution in [2.75, 3.05) is 63.8 Å². The summed E-state index contributed by atoms with van der Waals surface area (Å²) in [6.45, 7) is 5.89. The molecule has 1 aromatic carbocycles. The zero-order valence-corrected chi connectivity index (χ0v) is 17.0. The maximum atomic E-state index is 12.4. The van der Waals surface area contributed by atoms with Gasteiger partial charge in [0.15, 0.2) is 11.5 Å². The van der Waals surface area contributed by atoms with Crippen molar-refractivity contribution in [3.63, 3.8) is 0 Å². The molecule has 0 radical (unpaired) electrons. The Labute approximate surface area is 170 Å². The van der Waals surface area contributed by atoms with E-state index in [1.54, 1.807) is 32.4 Å². The number of morpholine rings is 1. The standard InChI is InChI=1S/C20H27N5O4/c1-14-23-18(13-19(24-14)25-8-10-29-11-9-25)21-6-7-22-20(26)15-4-5-16(27-2)17(12-15)28-3/h4-5,12-13H,6-11H2,1-3H3,(H,22,26)(H,21,23,24). The van der Waals surface area contributed by atoms with E-state index in [1.165, 1.54) is 0 Å². The monoisotopic (exact) mass is 401 g/mol. The summed E-state index contributed by atoms with van der Waals surface area (Å²) < 4.78 is 15.8. The van der Waals surface area contributed by atoms with Crippen molar-refractivity contribution < 1.29 is 19.0 Å². The molecule has 2 N–H and O–H groups in total. The van der Waals surface area contributed by atoms with Crippen LogP contribution in [0.5, 0.6) is 11.5 Å². The maximum Gasteiger partial charge on any atom is 0.251 e. The highest BCUT2D eigenvalue weighted by molar-refractivity contribution is 5.94. The quantitative estimate of drug-likeness (QED) is 0.642. The van der Waals surface area contributed by atoms with Gasteiger partial charge < -0.3 is 29.7 Å². The van der Waals surface area contributed by atoms with Gasteiger partial charge in [-0.2, -0.15) is 0 Å². The van der Waals surface area contributed by atoms with Gasteiger partial charge in [0.2, 0.25) is 0 Å². The molecule has 1 aliphatic heterocycles. The Hall–Kier alpha value is -3.07. The number of amides is 1. The molecule has 0 unspecified atom stereocenters. The smallest absolute Gasteiger partial charge is 0.251 e. The van der Waals surface area contributed by atoms with Gasteiger partial charge in [-0.05, 0) is 25.1 Å². The second kappa shape index (κ2) is 9.92. The molecule has 0 spiro atoms. The number of ether oxygens (including phenoxy) is 3. The van der Waals surface area contributed by atoms with E-state index < -0.39 is 0 Å². The lowest BCUT2D eigenvalue weighted by Gasteiger charge is -2.28. The third-order valence-electron chi connectivity index (χ3n) is 4.52. The maximum absolute atomic E-state index is 12.4. The van der Waals surface area contributed by atoms with Crippen molar-refractivity contribution in [3.05, 3.63) is 35.7 Å². The van der Waals surface area contributed by atoms with Gasteiger partial charge in [0.1, 0.15) is 17.5 Å². The van der Waals surface area contributed by atoms with Crippen LogP contribution < -0.4 is 25.0 Å². The SMILES string of the molecule is COc1ccc(C(=O)NCCNc2cc(N3CCOCC3)nc(C)n2)cc1OC. The first-order valence-corrected chi connectivity index (χ1v) is 9.53. The minimum atomic E-state index is -0.180. The number of methoxy groups -OCH3 is 2. The van der Waals surface area contributed by atoms with E-state index in [2.05, 4.69) is 25.5 Å². The summed E-state index contributed by atoms with van der Waals surface area (Å²) in [5.74, 6) is 3.25. The number of rotatable bonds is 8. The molecule has 1 fully saturated rings. The first-order chi connectivity index (χ1) is 14.1. The molecule has 9 heteroatoms. The van der Waals surface area contributed by atoms with Gasteiger partial charge in [0.05, 0.1) is 27.4 Å². The van der Waals surface area contributed by atoms with Crippen LogP contribution in [0.3, 0.4) is 0 Å². The van der Waals surface area contributed by atoms with Gasteiger partial charge in [-0.3, -0.25) is 4.79 Å². The number of hydrogen-bond donors (Lipinski definition) is 2. The summed E-state index contributed by atoms with van der Waals surface area (Å²) in [6.07, 6.45) is 0. The zero-order valence-electron chi connectivity index (χ0n) is 17.0. The van der Waals surface area contributed by atoms with Crippen molar-refractivity contribution >= 4 is 17.5 Å². The molecule has 0 aliphatic carbocycles. The van der Waals surface area contributed by atoms with Crippen molar-refractivity contribution in [3.8, 4) is 11.5 Å². The van der Waals surface area contributed by atoms with Gasteiger partial charge >= 0.3 is 0 Å². The number of nitrogens with zero attached hydrogens (tertiary/aromatic N) is 3. The first kappa shape index (κ1) is 20.7. The Balaban J connectivity index is 1.52. The van der Waals surface area contributed by atoms with Crippen LogP contribution in [-0.2, 0) is 4.74 Å². The van der Waals surface area contributed by atoms with Crippen molar-refractivity contribution in [2.24, 2.45) is 0 Å². The van der Waals surface area contributed by atoms with E-state index in [4.69, 9.17) is 14.2 Å². The molecule has 1 amide bonds. The van der Waals surface area contributed by atoms with E-state index in [1.807, 2.05) is 13.0 Å². The largest absolute Gasteiger partial charge is 0.493 e. The average molecular weight is 401 g/mol. The van der Waals surface area contributed by atoms with E-state index in [9.17, 15) is 4.79 Å². The zero-order chi connectivity index (χ0) is 20.6. The lowest BCUT2D eigenvalue weighted by atomic mass is 10.2. The summed E-state index contributed by atoms with van der Waals surface area (Å²) in [5.41, 5.74) is 0.509. The molecule has 1 aromatic heterocycles. The summed E-state index contributed by atoms with van der Waals surface area (Å²) in [4.78, 5) is 23.5. The summed E-state index contributed by atoms with van der Waals surface area (Å²) in [5, 5.41) is 6.13. The van der Waals surface area contributed by atoms with Crippen LogP contribution in [0.4, 0.5) is 11.6 Å². The molecule has 2 heterocycles. The fourth-order valence-corrected chi connectivity index (χ4v) is 3.04. The number of carbonyl (C=O) groups excluding carboxylic acids is 1. The van der Waals surface area contributed by atoms with E-state index in [0.29, 0.717) is 49.2 Å². The Morgan fingerprint density at radius 2 is 1.86 bits per heavy atom. The Morgan fingerprint density at radius 3 is 2.59 bits per heavy atom. The van der Waals surface area contributed by atoms with Crippen LogP contribution in [0.25, 0.3) is 0 Å². The summed E-state index contributed by atoms with van der Waals surface area (Å²) in [6, 6.07) is 6.99. The van der Waals surface area contributed by atoms with Crippen molar-refractivity contribution in [1.29, 1.82) is 0 Å². The Bertz CT molecular complexity index is 840. The molecule has 9 nitrogen and oxygen atoms in total. The third kappa shape index (κ3) is 5.47. The molecule has 29 heavy (non-hydrogen) atoms. The van der Waals surface area contributed by atoms with Gasteiger partial charge in [-0.1, -0.05) is 0 Å². The summed E-state index contributed by atoms with van der Waals surface area (Å²) in [7, 11) is 3.10. The molecule has 1 saturated heterocycles. The molecule has 1 aliphatic rings. The highest BCUT2D eigenvalue weighted by atomic mass is 16.5. The van der Waals surface area contributed by atoms with Crippen LogP contribution in [0.2, 0.25) is 0 Å². The third-order valence-corrected chi connectivity index (χ3v) is 4.52. The van der Waals surface area contributed by atoms with Gasteiger partial charge in [-0.25, -0.2) is 9.97 Å². The Morgan fingerprint density at radius 1 is 1.10 bits per heavy atom. The predicted octanol–water partition coefficient (Wildman–Crippen LogP) is 1.48. The second-order valence-corrected chi connectivity index (χ2v) is 6.51. The minimum Gasteiger partial charge on any atom is -0.493 e. The number of benzene rings is 1. The summed E-state index contributed by atoms with van der Waals surface area (Å²) >= 11 is 0. The lowest BCUT2D eigenvalue weighted by molar-refractivity contribution is 0.0954. The fourth-order valence-electron chi connectivity index (χ4n) is 3.04. The molecular weight excluding hydrogens is 374 g/mol. The predicted molar refractivity (Wildman–Crippen MR) is 110 cm³/mol. The normalized spacial score (nSPS) is 13.7. The lowest BCUT2D eigenvalue weighted by Crippen LogP contribution is -2.37. The average Bonchev–Trinajstić information content (AvgIpc) is 2.76. The number of hydrogen-bond acceptors (Lipinski definition) is 8. The number of nitrogens with one attached hydrogen (secondary N) is 2. The van der Waals surface area contributed by atoms with Crippen LogP contribution in [0.15, 0.2) is 24.3 Å². The van der Waals surface area contributed by atoms with Crippen molar-refractivity contribution in [2.45, 2.75) is 6.92 Å². The second-order valence-electron chi connectivity index (χ2n) is 6.51. The minimum absolute atomic E-state index is 0.180. The molecule has 0 saturated carbocycles. The molecular formula is C20H27N5O4. The van der Waals surface area contributed by atoms with Crippen LogP contribution in [0.1, 0.15) is 16.2 Å². The molecule has 2 aromatic rings. The van der Waals surface area contributed by atoms with Crippen LogP contribution in [-0.4, -0.2) is 69.5 Å². The van der Waals surface area contributed by atoms with Gasteiger partial charge in [0.25, 0.3) is 5.91 Å². The van der Waals surface area contributed by atoms with Gasteiger partial charge in [0, 0.05) is 37.8 Å². The van der Waals surface area contributed by atoms with E-state index >= 15 is 0 Å². The highest BCUT2D eigenvalue weighted by Gasteiger charge is 2.14. The Kier molecular flexibility index (Phi) is 7.07. The van der Waals surface area contributed by atoms with E-state index in [0.717, 1.165) is 24.7 Å². The van der Waals surface area contributed by atoms with Crippen LogP contribution in [0, 0.1) is 6.92 Å². The van der Waals surface area contributed by atoms with E-state index in [-0.39, 0.29) is 5.91 Å². The van der Waals surface area contributed by atoms with Crippen molar-refractivity contribution in [1.82, 2.24) is 15.3 Å². The number of aryl methyl sites for hydroxylation is 1. The molecule has 156 valence electrons. The molecule has 0 bridgehead atoms. The highest BCUT2D eigenvalue weighted by Crippen LogP contribution is 2.27. The number of anilines is 2. The van der Waals surface area contributed by atoms with Gasteiger partial charge in [-0.15, -0.1) is 0 Å². The molecule has 3 rings (SSSR count). The first-order valence-electron chi connectivity index (χ1n) is 9.53.